The van der Waals surface area contributed by atoms with Crippen LogP contribution in [0.25, 0.3) is 11.1 Å². The molecule has 1 unspecified atom stereocenters. The zero-order valence-electron chi connectivity index (χ0n) is 12.2. The van der Waals surface area contributed by atoms with Crippen LogP contribution >= 0.6 is 0 Å². The highest BCUT2D eigenvalue weighted by molar-refractivity contribution is 5.74. The molecule has 1 aliphatic heterocycles. The van der Waals surface area contributed by atoms with Crippen LogP contribution in [-0.2, 0) is 12.6 Å². The Morgan fingerprint density at radius 1 is 1.14 bits per heavy atom. The lowest BCUT2D eigenvalue weighted by Gasteiger charge is -2.14. The minimum absolute atomic E-state index is 0.115. The second-order valence-corrected chi connectivity index (χ2v) is 5.37. The van der Waals surface area contributed by atoms with Crippen LogP contribution < -0.4 is 9.47 Å². The molecular weight excluding hydrogens is 293 g/mol. The first-order valence-corrected chi connectivity index (χ1v) is 6.93. The molecule has 0 saturated heterocycles. The molecule has 0 radical (unpaired) electrons. The van der Waals surface area contributed by atoms with E-state index in [-0.39, 0.29) is 6.10 Å². The molecule has 3 rings (SSSR count). The van der Waals surface area contributed by atoms with Crippen molar-refractivity contribution in [1.29, 1.82) is 0 Å². The maximum Gasteiger partial charge on any atom is 0.416 e. The van der Waals surface area contributed by atoms with E-state index in [1.807, 2.05) is 6.92 Å². The first-order valence-electron chi connectivity index (χ1n) is 6.93. The molecule has 1 atom stereocenters. The Morgan fingerprint density at radius 3 is 2.41 bits per heavy atom. The van der Waals surface area contributed by atoms with E-state index in [4.69, 9.17) is 9.47 Å². The molecule has 2 aromatic carbocycles. The normalized spacial score (nSPS) is 17.0. The van der Waals surface area contributed by atoms with E-state index in [1.54, 1.807) is 31.4 Å². The average molecular weight is 308 g/mol. The fourth-order valence-corrected chi connectivity index (χ4v) is 2.68. The molecule has 2 aromatic rings. The summed E-state index contributed by atoms with van der Waals surface area (Å²) in [5.41, 5.74) is 1.11. The van der Waals surface area contributed by atoms with E-state index in [0.29, 0.717) is 34.6 Å². The van der Waals surface area contributed by atoms with Crippen LogP contribution in [0.5, 0.6) is 11.5 Å². The Balaban J connectivity index is 2.14. The summed E-state index contributed by atoms with van der Waals surface area (Å²) in [7, 11) is 1.54. The van der Waals surface area contributed by atoms with Gasteiger partial charge in [-0.05, 0) is 42.3 Å². The van der Waals surface area contributed by atoms with Crippen molar-refractivity contribution >= 4 is 0 Å². The topological polar surface area (TPSA) is 18.5 Å². The van der Waals surface area contributed by atoms with E-state index in [1.165, 1.54) is 6.07 Å². The van der Waals surface area contributed by atoms with Gasteiger partial charge >= 0.3 is 6.18 Å². The molecule has 0 amide bonds. The van der Waals surface area contributed by atoms with Crippen LogP contribution in [0, 0.1) is 0 Å². The third-order valence-electron chi connectivity index (χ3n) is 3.72. The van der Waals surface area contributed by atoms with Crippen molar-refractivity contribution in [2.45, 2.75) is 25.6 Å². The molecule has 0 N–H and O–H groups in total. The molecule has 5 heteroatoms. The van der Waals surface area contributed by atoms with Crippen molar-refractivity contribution in [3.8, 4) is 22.6 Å². The van der Waals surface area contributed by atoms with E-state index in [9.17, 15) is 13.2 Å². The number of hydrogen-bond donors (Lipinski definition) is 0. The van der Waals surface area contributed by atoms with Gasteiger partial charge in [0.05, 0.1) is 12.7 Å². The molecule has 1 aliphatic rings. The number of hydrogen-bond acceptors (Lipinski definition) is 2. The predicted octanol–water partition coefficient (Wildman–Crippen LogP) is 4.70. The largest absolute Gasteiger partial charge is 0.497 e. The first kappa shape index (κ1) is 14.8. The van der Waals surface area contributed by atoms with Crippen molar-refractivity contribution in [3.05, 3.63) is 47.5 Å². The maximum atomic E-state index is 13.1. The second-order valence-electron chi connectivity index (χ2n) is 5.37. The molecule has 0 aromatic heterocycles. The zero-order chi connectivity index (χ0) is 15.9. The lowest BCUT2D eigenvalue weighted by Crippen LogP contribution is -2.05. The van der Waals surface area contributed by atoms with E-state index in [2.05, 4.69) is 0 Å². The Kier molecular flexibility index (Phi) is 3.51. The highest BCUT2D eigenvalue weighted by atomic mass is 19.4. The van der Waals surface area contributed by atoms with Crippen LogP contribution in [0.4, 0.5) is 13.2 Å². The third kappa shape index (κ3) is 2.63. The van der Waals surface area contributed by atoms with Crippen molar-refractivity contribution < 1.29 is 22.6 Å². The standard InChI is InChI=1S/C17H15F3O2/c1-10-7-12-8-13(17(18,19)20)9-15(16(12)22-10)11-3-5-14(21-2)6-4-11/h3-6,8-10H,7H2,1-2H3. The number of halogens is 3. The Morgan fingerprint density at radius 2 is 1.82 bits per heavy atom. The number of benzene rings is 2. The minimum atomic E-state index is -4.37. The van der Waals surface area contributed by atoms with E-state index >= 15 is 0 Å². The fraction of sp³-hybridized carbons (Fsp3) is 0.294. The van der Waals surface area contributed by atoms with Gasteiger partial charge in [-0.15, -0.1) is 0 Å². The van der Waals surface area contributed by atoms with Gasteiger partial charge in [0.2, 0.25) is 0 Å². The molecule has 1 heterocycles. The van der Waals surface area contributed by atoms with Crippen LogP contribution in [0.2, 0.25) is 0 Å². The van der Waals surface area contributed by atoms with Crippen LogP contribution in [0.1, 0.15) is 18.1 Å². The van der Waals surface area contributed by atoms with Crippen molar-refractivity contribution in [2.75, 3.05) is 7.11 Å². The maximum absolute atomic E-state index is 13.1. The Hall–Kier alpha value is -2.17. The summed E-state index contributed by atoms with van der Waals surface area (Å²) in [6.45, 7) is 1.85. The van der Waals surface area contributed by atoms with Gasteiger partial charge in [0.15, 0.2) is 0 Å². The van der Waals surface area contributed by atoms with E-state index in [0.717, 1.165) is 6.07 Å². The summed E-state index contributed by atoms with van der Waals surface area (Å²) in [4.78, 5) is 0. The molecular formula is C17H15F3O2. The summed E-state index contributed by atoms with van der Waals surface area (Å²) in [6, 6.07) is 9.26. The molecule has 0 spiro atoms. The van der Waals surface area contributed by atoms with Gasteiger partial charge in [-0.1, -0.05) is 12.1 Å². The monoisotopic (exact) mass is 308 g/mol. The highest BCUT2D eigenvalue weighted by Crippen LogP contribution is 2.43. The second kappa shape index (κ2) is 5.23. The minimum Gasteiger partial charge on any atom is -0.497 e. The van der Waals surface area contributed by atoms with Crippen molar-refractivity contribution in [2.24, 2.45) is 0 Å². The van der Waals surface area contributed by atoms with Gasteiger partial charge in [-0.2, -0.15) is 13.2 Å². The van der Waals surface area contributed by atoms with Gasteiger partial charge in [0.25, 0.3) is 0 Å². The van der Waals surface area contributed by atoms with Gasteiger partial charge < -0.3 is 9.47 Å². The van der Waals surface area contributed by atoms with Gasteiger partial charge in [-0.3, -0.25) is 0 Å². The number of alkyl halides is 3. The van der Waals surface area contributed by atoms with Gasteiger partial charge in [0.1, 0.15) is 17.6 Å². The summed E-state index contributed by atoms with van der Waals surface area (Å²) in [5.74, 6) is 1.20. The molecule has 0 bridgehead atoms. The lowest BCUT2D eigenvalue weighted by atomic mass is 9.97. The van der Waals surface area contributed by atoms with Gasteiger partial charge in [0, 0.05) is 12.0 Å². The lowest BCUT2D eigenvalue weighted by molar-refractivity contribution is -0.137. The first-order chi connectivity index (χ1) is 10.4. The summed E-state index contributed by atoms with van der Waals surface area (Å²) < 4.78 is 50.1. The quantitative estimate of drug-likeness (QED) is 0.800. The molecule has 0 fully saturated rings. The molecule has 0 aliphatic carbocycles. The SMILES string of the molecule is COc1ccc(-c2cc(C(F)(F)F)cc3c2OC(C)C3)cc1. The molecule has 0 saturated carbocycles. The number of rotatable bonds is 2. The van der Waals surface area contributed by atoms with Crippen LogP contribution in [0.3, 0.4) is 0 Å². The van der Waals surface area contributed by atoms with Crippen LogP contribution in [-0.4, -0.2) is 13.2 Å². The Bertz CT molecular complexity index is 690. The van der Waals surface area contributed by atoms with Crippen LogP contribution in [0.15, 0.2) is 36.4 Å². The Labute approximate surface area is 126 Å². The third-order valence-corrected chi connectivity index (χ3v) is 3.72. The van der Waals surface area contributed by atoms with Crippen molar-refractivity contribution in [1.82, 2.24) is 0 Å². The summed E-state index contributed by atoms with van der Waals surface area (Å²) in [5, 5.41) is 0. The van der Waals surface area contributed by atoms with Crippen molar-refractivity contribution in [3.63, 3.8) is 0 Å². The average Bonchev–Trinajstić information content (AvgIpc) is 2.85. The number of ether oxygens (including phenoxy) is 2. The molecule has 2 nitrogen and oxygen atoms in total. The van der Waals surface area contributed by atoms with E-state index < -0.39 is 11.7 Å². The zero-order valence-corrected chi connectivity index (χ0v) is 12.2. The fourth-order valence-electron chi connectivity index (χ4n) is 2.68. The predicted molar refractivity (Wildman–Crippen MR) is 77.2 cm³/mol. The highest BCUT2D eigenvalue weighted by Gasteiger charge is 2.34. The van der Waals surface area contributed by atoms with Gasteiger partial charge in [-0.25, -0.2) is 0 Å². The summed E-state index contributed by atoms with van der Waals surface area (Å²) >= 11 is 0. The summed E-state index contributed by atoms with van der Waals surface area (Å²) in [6.07, 6.45) is -4.00. The number of methoxy groups -OCH3 is 1. The smallest absolute Gasteiger partial charge is 0.416 e. The molecule has 116 valence electrons. The number of fused-ring (bicyclic) bond motifs is 1. The molecule has 22 heavy (non-hydrogen) atoms.